The summed E-state index contributed by atoms with van der Waals surface area (Å²) in [4.78, 5) is 60.4. The molecule has 0 bridgehead atoms. The maximum Gasteiger partial charge on any atom is 0.416 e. The second kappa shape index (κ2) is 27.5. The molecule has 0 aliphatic heterocycles. The number of carbonyl (C=O) groups excluding carboxylic acids is 6. The molecule has 0 N–H and O–H groups in total. The third-order valence-electron chi connectivity index (χ3n) is 6.72. The van der Waals surface area contributed by atoms with Crippen molar-refractivity contribution in [1.29, 1.82) is 0 Å². The molecule has 288 valence electrons. The molecule has 0 aliphatic carbocycles. The van der Waals surface area contributed by atoms with Crippen LogP contribution in [0.4, 0.5) is 17.6 Å². The predicted octanol–water partition coefficient (Wildman–Crippen LogP) is 10.5. The average molecular weight is 767 g/mol. The van der Waals surface area contributed by atoms with Crippen molar-refractivity contribution in [1.82, 2.24) is 0 Å². The quantitative estimate of drug-likeness (QED) is 0.117. The van der Waals surface area contributed by atoms with Crippen LogP contribution in [0.5, 0.6) is 5.75 Å². The van der Waals surface area contributed by atoms with Crippen LogP contribution in [-0.2, 0) is 6.18 Å². The van der Waals surface area contributed by atoms with Crippen LogP contribution in [0.25, 0.3) is 0 Å². The summed E-state index contributed by atoms with van der Waals surface area (Å²) in [7, 11) is 1.59. The van der Waals surface area contributed by atoms with Crippen LogP contribution in [0.15, 0.2) is 158 Å². The Balaban J connectivity index is 0.000000338. The number of aldehydes is 6. The van der Waals surface area contributed by atoms with Crippen LogP contribution in [0.1, 0.15) is 73.3 Å². The van der Waals surface area contributed by atoms with Gasteiger partial charge in [-0.3, -0.25) is 28.8 Å². The lowest BCUT2D eigenvalue weighted by Gasteiger charge is -2.05. The van der Waals surface area contributed by atoms with Gasteiger partial charge in [-0.1, -0.05) is 115 Å². The van der Waals surface area contributed by atoms with Gasteiger partial charge in [0, 0.05) is 27.8 Å². The first-order chi connectivity index (χ1) is 26.9. The highest BCUT2D eigenvalue weighted by Gasteiger charge is 2.30. The summed E-state index contributed by atoms with van der Waals surface area (Å²) in [6.07, 6.45) is -0.178. The van der Waals surface area contributed by atoms with Crippen molar-refractivity contribution in [3.63, 3.8) is 0 Å². The Hall–Kier alpha value is -7.14. The predicted molar refractivity (Wildman–Crippen MR) is 207 cm³/mol. The molecule has 0 unspecified atom stereocenters. The number of benzene rings is 6. The van der Waals surface area contributed by atoms with Gasteiger partial charge in [-0.25, -0.2) is 4.39 Å². The second-order valence-corrected chi connectivity index (χ2v) is 10.9. The monoisotopic (exact) mass is 766 g/mol. The zero-order valence-electron chi connectivity index (χ0n) is 30.3. The largest absolute Gasteiger partial charge is 0.497 e. The van der Waals surface area contributed by atoms with E-state index in [2.05, 4.69) is 0 Å². The van der Waals surface area contributed by atoms with E-state index >= 15 is 0 Å². The highest BCUT2D eigenvalue weighted by atomic mass is 19.4. The molecular weight excluding hydrogens is 728 g/mol. The van der Waals surface area contributed by atoms with Crippen LogP contribution in [0.2, 0.25) is 0 Å². The number of carbonyl (C=O) groups is 6. The lowest BCUT2D eigenvalue weighted by atomic mass is 10.1. The van der Waals surface area contributed by atoms with Gasteiger partial charge < -0.3 is 4.74 Å². The lowest BCUT2D eigenvalue weighted by molar-refractivity contribution is -0.137. The van der Waals surface area contributed by atoms with E-state index in [1.807, 2.05) is 67.6 Å². The molecule has 0 saturated carbocycles. The van der Waals surface area contributed by atoms with Gasteiger partial charge in [-0.15, -0.1) is 0 Å². The minimum atomic E-state index is -4.38. The van der Waals surface area contributed by atoms with Crippen LogP contribution in [0, 0.1) is 12.7 Å². The molecule has 0 radical (unpaired) electrons. The maximum absolute atomic E-state index is 12.4. The molecular formula is C45H38F4O7. The molecule has 11 heteroatoms. The fourth-order valence-electron chi connectivity index (χ4n) is 3.75. The SMILES string of the molecule is COc1ccc(C=O)cc1.Cc1ccc(C=O)cc1.O=Cc1cccc(C(F)(F)F)c1.O=Cc1ccccc1.O=Cc1ccccc1.O=Cc1ccccc1F. The van der Waals surface area contributed by atoms with E-state index in [9.17, 15) is 46.3 Å². The molecule has 0 atom stereocenters. The summed E-state index contributed by atoms with van der Waals surface area (Å²) in [5, 5.41) is 0. The minimum absolute atomic E-state index is 0.0322. The Bertz CT molecular complexity index is 1990. The molecule has 0 spiro atoms. The zero-order valence-corrected chi connectivity index (χ0v) is 30.3. The van der Waals surface area contributed by atoms with Gasteiger partial charge in [0.15, 0.2) is 6.29 Å². The fourth-order valence-corrected chi connectivity index (χ4v) is 3.75. The molecule has 0 aromatic heterocycles. The molecule has 0 heterocycles. The molecule has 6 rings (SSSR count). The smallest absolute Gasteiger partial charge is 0.416 e. The Morgan fingerprint density at radius 1 is 0.446 bits per heavy atom. The molecule has 6 aromatic rings. The van der Waals surface area contributed by atoms with Crippen molar-refractivity contribution in [2.24, 2.45) is 0 Å². The van der Waals surface area contributed by atoms with E-state index in [0.717, 1.165) is 59.7 Å². The van der Waals surface area contributed by atoms with Crippen molar-refractivity contribution in [2.75, 3.05) is 7.11 Å². The van der Waals surface area contributed by atoms with Gasteiger partial charge in [0.05, 0.1) is 18.2 Å². The summed E-state index contributed by atoms with van der Waals surface area (Å²) in [5.41, 5.74) is 3.39. The highest BCUT2D eigenvalue weighted by Crippen LogP contribution is 2.29. The molecule has 0 fully saturated rings. The van der Waals surface area contributed by atoms with Crippen molar-refractivity contribution in [3.8, 4) is 5.75 Å². The van der Waals surface area contributed by atoms with Crippen molar-refractivity contribution < 1.29 is 51.1 Å². The normalized spacial score (nSPS) is 9.32. The number of methoxy groups -OCH3 is 1. The molecule has 0 amide bonds. The molecule has 56 heavy (non-hydrogen) atoms. The number of alkyl halides is 3. The molecule has 7 nitrogen and oxygen atoms in total. The van der Waals surface area contributed by atoms with Crippen LogP contribution < -0.4 is 4.74 Å². The highest BCUT2D eigenvalue weighted by molar-refractivity contribution is 5.76. The summed E-state index contributed by atoms with van der Waals surface area (Å²) in [5.74, 6) is 0.304. The van der Waals surface area contributed by atoms with Gasteiger partial charge in [0.2, 0.25) is 0 Å². The standard InChI is InChI=1S/C8H5F3O.C8H8O2.C8H8O.C7H5FO.2C7H6O/c9-8(10,11)7-3-1-2-6(4-7)5-12;1-10-8-4-2-7(6-9)3-5-8;1-7-2-4-8(6-9)5-3-7;8-7-4-2-1-3-6(7)5-9;2*8-6-7-4-2-1-3-5-7/h1-5H;2-6H,1H3;2-6H,1H3;1-5H;2*1-6H. The third kappa shape index (κ3) is 20.2. The third-order valence-corrected chi connectivity index (χ3v) is 6.72. The van der Waals surface area contributed by atoms with Crippen LogP contribution in [0.3, 0.4) is 0 Å². The van der Waals surface area contributed by atoms with Crippen LogP contribution in [-0.4, -0.2) is 44.8 Å². The van der Waals surface area contributed by atoms with Gasteiger partial charge in [-0.2, -0.15) is 13.2 Å². The zero-order chi connectivity index (χ0) is 41.6. The van der Waals surface area contributed by atoms with Gasteiger partial charge in [0.25, 0.3) is 0 Å². The second-order valence-electron chi connectivity index (χ2n) is 10.9. The fraction of sp³-hybridized carbons (Fsp3) is 0.0667. The number of halogens is 4. The Morgan fingerprint density at radius 3 is 1.20 bits per heavy atom. The van der Waals surface area contributed by atoms with Crippen molar-refractivity contribution in [2.45, 2.75) is 13.1 Å². The van der Waals surface area contributed by atoms with Crippen molar-refractivity contribution in [3.05, 3.63) is 208 Å². The first-order valence-corrected chi connectivity index (χ1v) is 16.4. The summed E-state index contributed by atoms with van der Waals surface area (Å²) < 4.78 is 53.2. The van der Waals surface area contributed by atoms with Crippen LogP contribution >= 0.6 is 0 Å². The number of ether oxygens (including phenoxy) is 1. The topological polar surface area (TPSA) is 112 Å². The molecule has 0 saturated heterocycles. The minimum Gasteiger partial charge on any atom is -0.497 e. The Kier molecular flexibility index (Phi) is 23.0. The summed E-state index contributed by atoms with van der Waals surface area (Å²) in [6, 6.07) is 42.7. The Labute approximate surface area is 322 Å². The van der Waals surface area contributed by atoms with E-state index in [-0.39, 0.29) is 11.1 Å². The number of aryl methyl sites for hydroxylation is 1. The number of hydrogen-bond donors (Lipinski definition) is 0. The maximum atomic E-state index is 12.4. The first kappa shape index (κ1) is 46.9. The van der Waals surface area contributed by atoms with Gasteiger partial charge in [0.1, 0.15) is 43.0 Å². The number of rotatable bonds is 7. The van der Waals surface area contributed by atoms with E-state index in [0.29, 0.717) is 18.1 Å². The lowest BCUT2D eigenvalue weighted by Crippen LogP contribution is -2.04. The Morgan fingerprint density at radius 2 is 0.839 bits per heavy atom. The van der Waals surface area contributed by atoms with Crippen molar-refractivity contribution >= 4 is 37.7 Å². The van der Waals surface area contributed by atoms with Gasteiger partial charge >= 0.3 is 6.18 Å². The molecule has 6 aromatic carbocycles. The summed E-state index contributed by atoms with van der Waals surface area (Å²) >= 11 is 0. The van der Waals surface area contributed by atoms with E-state index in [1.54, 1.807) is 67.8 Å². The molecule has 0 aliphatic rings. The average Bonchev–Trinajstić information content (AvgIpc) is 3.25. The van der Waals surface area contributed by atoms with E-state index in [4.69, 9.17) is 4.74 Å². The number of hydrogen-bond acceptors (Lipinski definition) is 7. The van der Waals surface area contributed by atoms with E-state index < -0.39 is 17.6 Å². The summed E-state index contributed by atoms with van der Waals surface area (Å²) in [6.45, 7) is 1.99. The van der Waals surface area contributed by atoms with Gasteiger partial charge in [-0.05, 0) is 55.5 Å². The first-order valence-electron chi connectivity index (χ1n) is 16.4. The van der Waals surface area contributed by atoms with E-state index in [1.165, 1.54) is 29.8 Å².